The highest BCUT2D eigenvalue weighted by molar-refractivity contribution is 6.02. The lowest BCUT2D eigenvalue weighted by molar-refractivity contribution is 0.0602. The van der Waals surface area contributed by atoms with Gasteiger partial charge in [-0.3, -0.25) is 0 Å². The molecule has 0 unspecified atom stereocenters. The van der Waals surface area contributed by atoms with Crippen molar-refractivity contribution in [1.82, 2.24) is 0 Å². The van der Waals surface area contributed by atoms with Crippen LogP contribution in [0.25, 0.3) is 22.3 Å². The molecule has 0 aliphatic heterocycles. The maximum atomic E-state index is 11.7. The van der Waals surface area contributed by atoms with Crippen molar-refractivity contribution in [1.29, 1.82) is 0 Å². The number of nitrogen functional groups attached to an aromatic ring is 1. The van der Waals surface area contributed by atoms with E-state index >= 15 is 0 Å². The zero-order chi connectivity index (χ0) is 14.1. The van der Waals surface area contributed by atoms with Crippen LogP contribution in [0.4, 0.5) is 5.69 Å². The third kappa shape index (κ3) is 2.01. The minimum atomic E-state index is -0.409. The Morgan fingerprint density at radius 2 is 1.90 bits per heavy atom. The van der Waals surface area contributed by atoms with Crippen molar-refractivity contribution in [3.05, 3.63) is 54.1 Å². The van der Waals surface area contributed by atoms with Crippen LogP contribution in [0.1, 0.15) is 10.4 Å². The number of methoxy groups -OCH3 is 1. The molecule has 0 fully saturated rings. The summed E-state index contributed by atoms with van der Waals surface area (Å²) in [6.07, 6.45) is 0. The van der Waals surface area contributed by atoms with Crippen LogP contribution in [0.3, 0.4) is 0 Å². The Morgan fingerprint density at radius 1 is 1.15 bits per heavy atom. The highest BCUT2D eigenvalue weighted by atomic mass is 16.5. The SMILES string of the molecule is COC(=O)c1cccc2cc(-c3ccc(N)cc3)oc12. The minimum absolute atomic E-state index is 0.409. The van der Waals surface area contributed by atoms with Crippen molar-refractivity contribution in [2.45, 2.75) is 0 Å². The fraction of sp³-hybridized carbons (Fsp3) is 0.0625. The molecule has 4 heteroatoms. The van der Waals surface area contributed by atoms with Crippen LogP contribution < -0.4 is 5.73 Å². The molecule has 4 nitrogen and oxygen atoms in total. The van der Waals surface area contributed by atoms with E-state index in [9.17, 15) is 4.79 Å². The number of carbonyl (C=O) groups is 1. The summed E-state index contributed by atoms with van der Waals surface area (Å²) in [6.45, 7) is 0. The summed E-state index contributed by atoms with van der Waals surface area (Å²) in [5.41, 5.74) is 8.23. The number of furan rings is 1. The summed E-state index contributed by atoms with van der Waals surface area (Å²) in [7, 11) is 1.35. The van der Waals surface area contributed by atoms with Crippen molar-refractivity contribution < 1.29 is 13.9 Å². The van der Waals surface area contributed by atoms with Gasteiger partial charge in [-0.25, -0.2) is 4.79 Å². The van der Waals surface area contributed by atoms with Crippen molar-refractivity contribution >= 4 is 22.6 Å². The van der Waals surface area contributed by atoms with Gasteiger partial charge in [0.1, 0.15) is 16.9 Å². The second kappa shape index (κ2) is 4.74. The Hall–Kier alpha value is -2.75. The molecule has 100 valence electrons. The number of fused-ring (bicyclic) bond motifs is 1. The van der Waals surface area contributed by atoms with E-state index in [1.807, 2.05) is 36.4 Å². The number of hydrogen-bond acceptors (Lipinski definition) is 4. The van der Waals surface area contributed by atoms with Crippen LogP contribution in [0.15, 0.2) is 52.9 Å². The molecule has 0 saturated heterocycles. The van der Waals surface area contributed by atoms with Crippen molar-refractivity contribution in [3.63, 3.8) is 0 Å². The summed E-state index contributed by atoms with van der Waals surface area (Å²) in [4.78, 5) is 11.7. The molecule has 1 heterocycles. The van der Waals surface area contributed by atoms with Crippen molar-refractivity contribution in [2.24, 2.45) is 0 Å². The van der Waals surface area contributed by atoms with Gasteiger partial charge < -0.3 is 14.9 Å². The van der Waals surface area contributed by atoms with E-state index in [-0.39, 0.29) is 0 Å². The van der Waals surface area contributed by atoms with Gasteiger partial charge in [0, 0.05) is 16.6 Å². The number of para-hydroxylation sites is 1. The number of ether oxygens (including phenoxy) is 1. The average Bonchev–Trinajstić information content (AvgIpc) is 2.91. The molecule has 0 aliphatic carbocycles. The molecular weight excluding hydrogens is 254 g/mol. The van der Waals surface area contributed by atoms with Crippen LogP contribution in [-0.2, 0) is 4.74 Å². The van der Waals surface area contributed by atoms with Crippen LogP contribution in [0.2, 0.25) is 0 Å². The van der Waals surface area contributed by atoms with Crippen molar-refractivity contribution in [2.75, 3.05) is 12.8 Å². The summed E-state index contributed by atoms with van der Waals surface area (Å²) >= 11 is 0. The monoisotopic (exact) mass is 267 g/mol. The normalized spacial score (nSPS) is 10.7. The molecule has 0 amide bonds. The van der Waals surface area contributed by atoms with Gasteiger partial charge in [-0.1, -0.05) is 12.1 Å². The first-order valence-corrected chi connectivity index (χ1v) is 6.16. The van der Waals surface area contributed by atoms with Gasteiger partial charge in [-0.05, 0) is 36.4 Å². The molecule has 0 spiro atoms. The predicted octanol–water partition coefficient (Wildman–Crippen LogP) is 3.47. The molecule has 2 N–H and O–H groups in total. The Morgan fingerprint density at radius 3 is 2.60 bits per heavy atom. The minimum Gasteiger partial charge on any atom is -0.465 e. The molecule has 3 aromatic rings. The van der Waals surface area contributed by atoms with Gasteiger partial charge in [-0.2, -0.15) is 0 Å². The van der Waals surface area contributed by atoms with E-state index in [2.05, 4.69) is 0 Å². The molecule has 0 bridgehead atoms. The maximum absolute atomic E-state index is 11.7. The van der Waals surface area contributed by atoms with Gasteiger partial charge in [-0.15, -0.1) is 0 Å². The predicted molar refractivity (Wildman–Crippen MR) is 77.4 cm³/mol. The first-order chi connectivity index (χ1) is 9.69. The standard InChI is InChI=1S/C16H13NO3/c1-19-16(18)13-4-2-3-11-9-14(20-15(11)13)10-5-7-12(17)8-6-10/h2-9H,17H2,1H3. The highest BCUT2D eigenvalue weighted by Crippen LogP contribution is 2.30. The molecule has 2 aromatic carbocycles. The molecule has 1 aromatic heterocycles. The van der Waals surface area contributed by atoms with Crippen LogP contribution in [0.5, 0.6) is 0 Å². The first-order valence-electron chi connectivity index (χ1n) is 6.16. The van der Waals surface area contributed by atoms with Gasteiger partial charge in [0.25, 0.3) is 0 Å². The Bertz CT molecular complexity index is 772. The summed E-state index contributed by atoms with van der Waals surface area (Å²) < 4.78 is 10.6. The van der Waals surface area contributed by atoms with Crippen LogP contribution >= 0.6 is 0 Å². The number of carbonyl (C=O) groups excluding carboxylic acids is 1. The molecule has 0 aliphatic rings. The Balaban J connectivity index is 2.15. The van der Waals surface area contributed by atoms with E-state index < -0.39 is 5.97 Å². The Labute approximate surface area is 115 Å². The van der Waals surface area contributed by atoms with E-state index in [1.165, 1.54) is 7.11 Å². The van der Waals surface area contributed by atoms with Gasteiger partial charge in [0.05, 0.1) is 7.11 Å². The quantitative estimate of drug-likeness (QED) is 0.570. The lowest BCUT2D eigenvalue weighted by atomic mass is 10.1. The topological polar surface area (TPSA) is 65.5 Å². The zero-order valence-electron chi connectivity index (χ0n) is 10.9. The fourth-order valence-electron chi connectivity index (χ4n) is 2.12. The van der Waals surface area contributed by atoms with E-state index in [0.717, 1.165) is 10.9 Å². The molecule has 0 radical (unpaired) electrons. The third-order valence-corrected chi connectivity index (χ3v) is 3.14. The molecule has 3 rings (SSSR count). The molecule has 20 heavy (non-hydrogen) atoms. The second-order valence-corrected chi connectivity index (χ2v) is 4.45. The lowest BCUT2D eigenvalue weighted by Crippen LogP contribution is -2.00. The maximum Gasteiger partial charge on any atom is 0.341 e. The average molecular weight is 267 g/mol. The Kier molecular flexibility index (Phi) is 2.91. The number of nitrogens with two attached hydrogens (primary N) is 1. The summed E-state index contributed by atoms with van der Waals surface area (Å²) in [6, 6.07) is 14.7. The van der Waals surface area contributed by atoms with Crippen LogP contribution in [0, 0.1) is 0 Å². The number of rotatable bonds is 2. The largest absolute Gasteiger partial charge is 0.465 e. The number of esters is 1. The van der Waals surface area contributed by atoms with Gasteiger partial charge >= 0.3 is 5.97 Å². The zero-order valence-corrected chi connectivity index (χ0v) is 10.9. The summed E-state index contributed by atoms with van der Waals surface area (Å²) in [5, 5.41) is 0.861. The van der Waals surface area contributed by atoms with E-state index in [0.29, 0.717) is 22.6 Å². The first kappa shape index (κ1) is 12.3. The van der Waals surface area contributed by atoms with Gasteiger partial charge in [0.2, 0.25) is 0 Å². The molecular formula is C16H13NO3. The van der Waals surface area contributed by atoms with Crippen molar-refractivity contribution in [3.8, 4) is 11.3 Å². The molecule has 0 atom stereocenters. The van der Waals surface area contributed by atoms with Gasteiger partial charge in [0.15, 0.2) is 0 Å². The fourth-order valence-corrected chi connectivity index (χ4v) is 2.12. The number of hydrogen-bond donors (Lipinski definition) is 1. The lowest BCUT2D eigenvalue weighted by Gasteiger charge is -1.99. The summed E-state index contributed by atoms with van der Waals surface area (Å²) in [5.74, 6) is 0.283. The van der Waals surface area contributed by atoms with E-state index in [1.54, 1.807) is 12.1 Å². The molecule has 0 saturated carbocycles. The second-order valence-electron chi connectivity index (χ2n) is 4.45. The van der Waals surface area contributed by atoms with E-state index in [4.69, 9.17) is 14.9 Å². The number of benzene rings is 2. The highest BCUT2D eigenvalue weighted by Gasteiger charge is 2.15. The number of anilines is 1. The smallest absolute Gasteiger partial charge is 0.341 e. The van der Waals surface area contributed by atoms with Crippen LogP contribution in [-0.4, -0.2) is 13.1 Å². The third-order valence-electron chi connectivity index (χ3n) is 3.14.